The van der Waals surface area contributed by atoms with Gasteiger partial charge < -0.3 is 14.6 Å². The molecular weight excluding hydrogens is 448 g/mol. The van der Waals surface area contributed by atoms with Crippen LogP contribution in [0.2, 0.25) is 5.02 Å². The summed E-state index contributed by atoms with van der Waals surface area (Å²) >= 11 is 5.94. The summed E-state index contributed by atoms with van der Waals surface area (Å²) in [4.78, 5) is 63.2. The van der Waals surface area contributed by atoms with E-state index in [0.29, 0.717) is 0 Å². The van der Waals surface area contributed by atoms with E-state index in [1.165, 1.54) is 42.5 Å². The van der Waals surface area contributed by atoms with E-state index in [0.717, 1.165) is 16.7 Å². The molecule has 1 N–H and O–H groups in total. The summed E-state index contributed by atoms with van der Waals surface area (Å²) < 4.78 is 8.38. The van der Waals surface area contributed by atoms with Gasteiger partial charge in [0.15, 0.2) is 17.3 Å². The summed E-state index contributed by atoms with van der Waals surface area (Å²) in [6, 6.07) is 3.49. The second-order valence-corrected chi connectivity index (χ2v) is 7.20. The Bertz CT molecular complexity index is 1370. The monoisotopic (exact) mass is 464 g/mol. The Kier molecular flexibility index (Phi) is 6.11. The summed E-state index contributed by atoms with van der Waals surface area (Å²) in [5.41, 5.74) is -1.21. The molecule has 1 atom stereocenters. The van der Waals surface area contributed by atoms with Gasteiger partial charge >= 0.3 is 11.7 Å². The number of nitro groups is 1. The third-order valence-electron chi connectivity index (χ3n) is 4.62. The van der Waals surface area contributed by atoms with Crippen LogP contribution < -0.4 is 16.6 Å². The molecule has 13 nitrogen and oxygen atoms in total. The molecule has 3 aromatic rings. The lowest BCUT2D eigenvalue weighted by molar-refractivity contribution is -0.384. The van der Waals surface area contributed by atoms with Crippen LogP contribution in [0.4, 0.5) is 11.4 Å². The molecule has 3 rings (SSSR count). The Morgan fingerprint density at radius 3 is 2.59 bits per heavy atom. The highest BCUT2D eigenvalue weighted by atomic mass is 35.5. The molecule has 0 aliphatic heterocycles. The van der Waals surface area contributed by atoms with Crippen molar-refractivity contribution in [2.75, 3.05) is 5.32 Å². The minimum atomic E-state index is -1.24. The molecule has 32 heavy (non-hydrogen) atoms. The molecule has 0 aliphatic carbocycles. The number of ether oxygens (including phenoxy) is 1. The maximum Gasteiger partial charge on any atom is 0.332 e. The lowest BCUT2D eigenvalue weighted by Crippen LogP contribution is -2.38. The minimum Gasteiger partial charge on any atom is -0.451 e. The maximum absolute atomic E-state index is 12.4. The van der Waals surface area contributed by atoms with Crippen LogP contribution in [0.15, 0.2) is 34.1 Å². The molecule has 1 unspecified atom stereocenters. The molecule has 0 saturated heterocycles. The van der Waals surface area contributed by atoms with E-state index in [2.05, 4.69) is 10.3 Å². The number of rotatable bonds is 6. The number of esters is 1. The summed E-state index contributed by atoms with van der Waals surface area (Å²) in [5, 5.41) is 13.1. The second kappa shape index (κ2) is 8.63. The van der Waals surface area contributed by atoms with Crippen LogP contribution in [0.25, 0.3) is 11.2 Å². The Hall–Kier alpha value is -4.00. The standard InChI is InChI=1S/C18H17ClN6O7/c1-9(16(27)21-12-5-4-10(25(30)31)6-11(12)19)32-13(26)7-24-8-20-15-14(24)17(28)23(3)18(29)22(15)2/h4-6,8-9H,7H2,1-3H3,(H,21,27). The van der Waals surface area contributed by atoms with Crippen LogP contribution in [0.5, 0.6) is 0 Å². The van der Waals surface area contributed by atoms with Crippen molar-refractivity contribution >= 4 is 46.0 Å². The summed E-state index contributed by atoms with van der Waals surface area (Å²) in [5.74, 6) is -1.56. The molecule has 2 aromatic heterocycles. The highest BCUT2D eigenvalue weighted by Crippen LogP contribution is 2.26. The van der Waals surface area contributed by atoms with Gasteiger partial charge in [-0.05, 0) is 13.0 Å². The van der Waals surface area contributed by atoms with Gasteiger partial charge in [0.1, 0.15) is 6.54 Å². The van der Waals surface area contributed by atoms with Crippen LogP contribution in [0.1, 0.15) is 6.92 Å². The van der Waals surface area contributed by atoms with Crippen molar-refractivity contribution in [3.63, 3.8) is 0 Å². The van der Waals surface area contributed by atoms with Crippen molar-refractivity contribution in [3.05, 3.63) is 60.5 Å². The van der Waals surface area contributed by atoms with Gasteiger partial charge in [-0.15, -0.1) is 0 Å². The zero-order valence-corrected chi connectivity index (χ0v) is 17.8. The molecule has 0 bridgehead atoms. The highest BCUT2D eigenvalue weighted by Gasteiger charge is 2.22. The number of hydrogen-bond donors (Lipinski definition) is 1. The van der Waals surface area contributed by atoms with Gasteiger partial charge in [0.05, 0.1) is 22.0 Å². The predicted octanol–water partition coefficient (Wildman–Crippen LogP) is 0.566. The number of anilines is 1. The van der Waals surface area contributed by atoms with Gasteiger partial charge in [-0.3, -0.25) is 33.6 Å². The number of halogens is 1. The number of nitrogens with one attached hydrogen (secondary N) is 1. The number of aryl methyl sites for hydroxylation is 1. The number of benzene rings is 1. The number of imidazole rings is 1. The van der Waals surface area contributed by atoms with Crippen LogP contribution >= 0.6 is 11.6 Å². The third kappa shape index (κ3) is 4.23. The smallest absolute Gasteiger partial charge is 0.332 e. The van der Waals surface area contributed by atoms with Gasteiger partial charge in [-0.25, -0.2) is 9.78 Å². The van der Waals surface area contributed by atoms with Crippen LogP contribution in [-0.2, 0) is 35.0 Å². The first-order chi connectivity index (χ1) is 15.0. The molecule has 14 heteroatoms. The quantitative estimate of drug-likeness (QED) is 0.314. The van der Waals surface area contributed by atoms with Crippen LogP contribution in [0, 0.1) is 10.1 Å². The topological polar surface area (TPSA) is 160 Å². The van der Waals surface area contributed by atoms with E-state index in [-0.39, 0.29) is 27.6 Å². The number of hydrogen-bond acceptors (Lipinski definition) is 8. The van der Waals surface area contributed by atoms with E-state index < -0.39 is 40.7 Å². The summed E-state index contributed by atoms with van der Waals surface area (Å²) in [6.07, 6.45) is -0.0236. The van der Waals surface area contributed by atoms with Crippen molar-refractivity contribution in [1.29, 1.82) is 0 Å². The van der Waals surface area contributed by atoms with Crippen LogP contribution in [-0.4, -0.2) is 41.6 Å². The molecule has 0 fully saturated rings. The Labute approximate surface area is 183 Å². The lowest BCUT2D eigenvalue weighted by Gasteiger charge is -2.14. The van der Waals surface area contributed by atoms with Gasteiger partial charge in [0.2, 0.25) is 0 Å². The normalized spacial score (nSPS) is 11.9. The number of non-ortho nitro benzene ring substituents is 1. The Balaban J connectivity index is 1.71. The summed E-state index contributed by atoms with van der Waals surface area (Å²) in [7, 11) is 2.74. The van der Waals surface area contributed by atoms with Crippen molar-refractivity contribution in [1.82, 2.24) is 18.7 Å². The molecule has 0 aliphatic rings. The van der Waals surface area contributed by atoms with E-state index in [4.69, 9.17) is 16.3 Å². The fourth-order valence-corrected chi connectivity index (χ4v) is 3.12. The number of nitrogens with zero attached hydrogens (tertiary/aromatic N) is 5. The van der Waals surface area contributed by atoms with Crippen molar-refractivity contribution < 1.29 is 19.2 Å². The summed E-state index contributed by atoms with van der Waals surface area (Å²) in [6.45, 7) is 0.890. The highest BCUT2D eigenvalue weighted by molar-refractivity contribution is 6.34. The first-order valence-corrected chi connectivity index (χ1v) is 9.44. The zero-order chi connectivity index (χ0) is 23.7. The average Bonchev–Trinajstić information content (AvgIpc) is 3.15. The minimum absolute atomic E-state index is 0.0290. The zero-order valence-electron chi connectivity index (χ0n) is 17.1. The van der Waals surface area contributed by atoms with E-state index in [9.17, 15) is 29.3 Å². The van der Waals surface area contributed by atoms with Gasteiger partial charge in [0.25, 0.3) is 17.2 Å². The Morgan fingerprint density at radius 1 is 1.28 bits per heavy atom. The molecule has 168 valence electrons. The molecule has 1 amide bonds. The number of nitro benzene ring substituents is 1. The molecular formula is C18H17ClN6O7. The number of carbonyl (C=O) groups excluding carboxylic acids is 2. The first-order valence-electron chi connectivity index (χ1n) is 9.06. The molecule has 2 heterocycles. The molecule has 0 radical (unpaired) electrons. The van der Waals surface area contributed by atoms with E-state index in [1.807, 2.05) is 0 Å². The molecule has 0 saturated carbocycles. The van der Waals surface area contributed by atoms with E-state index >= 15 is 0 Å². The number of fused-ring (bicyclic) bond motifs is 1. The molecule has 0 spiro atoms. The van der Waals surface area contributed by atoms with Crippen molar-refractivity contribution in [2.45, 2.75) is 19.6 Å². The number of carbonyl (C=O) groups is 2. The SMILES string of the molecule is CC(OC(=O)Cn1cnc2c1c(=O)n(C)c(=O)n2C)C(=O)Nc1ccc([N+](=O)[O-])cc1Cl. The predicted molar refractivity (Wildman–Crippen MR) is 113 cm³/mol. The van der Waals surface area contributed by atoms with E-state index in [1.54, 1.807) is 0 Å². The average molecular weight is 465 g/mol. The second-order valence-electron chi connectivity index (χ2n) is 6.79. The largest absolute Gasteiger partial charge is 0.451 e. The number of amides is 1. The maximum atomic E-state index is 12.4. The van der Waals surface area contributed by atoms with Crippen LogP contribution in [0.3, 0.4) is 0 Å². The fourth-order valence-electron chi connectivity index (χ4n) is 2.90. The Morgan fingerprint density at radius 2 is 1.97 bits per heavy atom. The number of aromatic nitrogens is 4. The van der Waals surface area contributed by atoms with Gasteiger partial charge in [0, 0.05) is 26.2 Å². The first kappa shape index (κ1) is 22.7. The third-order valence-corrected chi connectivity index (χ3v) is 4.93. The van der Waals surface area contributed by atoms with Gasteiger partial charge in [-0.1, -0.05) is 11.6 Å². The van der Waals surface area contributed by atoms with Crippen molar-refractivity contribution in [2.24, 2.45) is 14.1 Å². The lowest BCUT2D eigenvalue weighted by atomic mass is 10.2. The van der Waals surface area contributed by atoms with Gasteiger partial charge in [-0.2, -0.15) is 0 Å². The molecule has 1 aromatic carbocycles. The van der Waals surface area contributed by atoms with Crippen molar-refractivity contribution in [3.8, 4) is 0 Å². The fraction of sp³-hybridized carbons (Fsp3) is 0.278.